The van der Waals surface area contributed by atoms with Crippen LogP contribution in [0.4, 0.5) is 5.82 Å². The maximum absolute atomic E-state index is 12.5. The van der Waals surface area contributed by atoms with Crippen molar-refractivity contribution in [1.29, 1.82) is 0 Å². The van der Waals surface area contributed by atoms with Crippen molar-refractivity contribution >= 4 is 29.1 Å². The van der Waals surface area contributed by atoms with Gasteiger partial charge in [-0.3, -0.25) is 9.59 Å². The van der Waals surface area contributed by atoms with Gasteiger partial charge in [-0.2, -0.15) is 5.10 Å². The summed E-state index contributed by atoms with van der Waals surface area (Å²) in [6.45, 7) is 1.85. The van der Waals surface area contributed by atoms with Gasteiger partial charge in [0.15, 0.2) is 5.78 Å². The van der Waals surface area contributed by atoms with Gasteiger partial charge in [0.25, 0.3) is 0 Å². The highest BCUT2D eigenvalue weighted by atomic mass is 35.5. The molecular formula is C21H20ClN3O3. The van der Waals surface area contributed by atoms with E-state index in [-0.39, 0.29) is 24.5 Å². The van der Waals surface area contributed by atoms with Crippen molar-refractivity contribution in [3.63, 3.8) is 0 Å². The lowest BCUT2D eigenvalue weighted by Crippen LogP contribution is -2.16. The number of halogens is 1. The van der Waals surface area contributed by atoms with Gasteiger partial charge in [0.05, 0.1) is 24.1 Å². The van der Waals surface area contributed by atoms with Crippen LogP contribution in [0.25, 0.3) is 5.69 Å². The summed E-state index contributed by atoms with van der Waals surface area (Å²) in [7, 11) is 1.49. The number of Topliss-reactive ketones (excluding diaryl/α,β-unsaturated/α-hetero) is 1. The highest BCUT2D eigenvalue weighted by molar-refractivity contribution is 6.31. The van der Waals surface area contributed by atoms with Crippen LogP contribution in [0, 0.1) is 6.92 Å². The number of benzene rings is 2. The number of rotatable bonds is 7. The molecule has 0 aliphatic carbocycles. The molecule has 0 unspecified atom stereocenters. The van der Waals surface area contributed by atoms with Gasteiger partial charge in [-0.25, -0.2) is 4.68 Å². The molecule has 3 aromatic rings. The Morgan fingerprint density at radius 1 is 1.11 bits per heavy atom. The minimum Gasteiger partial charge on any atom is -0.496 e. The molecule has 144 valence electrons. The van der Waals surface area contributed by atoms with E-state index in [0.717, 1.165) is 11.4 Å². The summed E-state index contributed by atoms with van der Waals surface area (Å²) in [5, 5.41) is 7.68. The molecule has 0 fully saturated rings. The fraction of sp³-hybridized carbons (Fsp3) is 0.190. The number of hydrogen-bond acceptors (Lipinski definition) is 4. The Morgan fingerprint density at radius 2 is 1.86 bits per heavy atom. The summed E-state index contributed by atoms with van der Waals surface area (Å²) in [6.07, 6.45) is 0.0779. The molecule has 28 heavy (non-hydrogen) atoms. The molecule has 1 N–H and O–H groups in total. The third-order valence-corrected chi connectivity index (χ3v) is 4.38. The number of ether oxygens (including phenoxy) is 1. The highest BCUT2D eigenvalue weighted by Gasteiger charge is 2.16. The second kappa shape index (κ2) is 8.71. The first-order chi connectivity index (χ1) is 13.5. The Kier molecular flexibility index (Phi) is 6.11. The van der Waals surface area contributed by atoms with Crippen molar-refractivity contribution in [2.45, 2.75) is 19.8 Å². The Hall–Kier alpha value is -3.12. The fourth-order valence-corrected chi connectivity index (χ4v) is 2.99. The maximum Gasteiger partial charge on any atom is 0.225 e. The van der Waals surface area contributed by atoms with Gasteiger partial charge in [-0.05, 0) is 37.3 Å². The number of amides is 1. The molecule has 0 aliphatic rings. The largest absolute Gasteiger partial charge is 0.496 e. The predicted octanol–water partition coefficient (Wildman–Crippen LogP) is 4.44. The molecule has 0 bridgehead atoms. The molecule has 3 rings (SSSR count). The van der Waals surface area contributed by atoms with Crippen molar-refractivity contribution in [2.75, 3.05) is 12.4 Å². The molecule has 0 radical (unpaired) electrons. The lowest BCUT2D eigenvalue weighted by Gasteiger charge is -2.10. The summed E-state index contributed by atoms with van der Waals surface area (Å²) in [4.78, 5) is 24.9. The Morgan fingerprint density at radius 3 is 2.57 bits per heavy atom. The Balaban J connectivity index is 1.67. The molecule has 0 spiro atoms. The standard InChI is InChI=1S/C21H20ClN3O3/c1-14-12-20(25(24-14)16-6-4-3-5-7-16)23-21(27)11-9-18(26)17-13-15(22)8-10-19(17)28-2/h3-8,10,12-13H,9,11H2,1-2H3,(H,23,27). The van der Waals surface area contributed by atoms with Crippen LogP contribution in [0.3, 0.4) is 0 Å². The van der Waals surface area contributed by atoms with Gasteiger partial charge in [0.2, 0.25) is 5.91 Å². The molecule has 1 amide bonds. The monoisotopic (exact) mass is 397 g/mol. The van der Waals surface area contributed by atoms with E-state index in [9.17, 15) is 9.59 Å². The van der Waals surface area contributed by atoms with E-state index in [2.05, 4.69) is 10.4 Å². The molecule has 6 nitrogen and oxygen atoms in total. The minimum atomic E-state index is -0.272. The third kappa shape index (κ3) is 4.58. The number of ketones is 1. The van der Waals surface area contributed by atoms with Gasteiger partial charge in [-0.15, -0.1) is 0 Å². The molecule has 1 aromatic heterocycles. The summed E-state index contributed by atoms with van der Waals surface area (Å²) in [5.41, 5.74) is 1.98. The topological polar surface area (TPSA) is 73.2 Å². The molecule has 0 saturated carbocycles. The Labute approximate surface area is 168 Å². The van der Waals surface area contributed by atoms with Crippen molar-refractivity contribution in [3.05, 3.63) is 70.9 Å². The van der Waals surface area contributed by atoms with Crippen LogP contribution in [0.1, 0.15) is 28.9 Å². The second-order valence-electron chi connectivity index (χ2n) is 6.23. The van der Waals surface area contributed by atoms with E-state index in [4.69, 9.17) is 16.3 Å². The second-order valence-corrected chi connectivity index (χ2v) is 6.67. The molecule has 0 saturated heterocycles. The lowest BCUT2D eigenvalue weighted by atomic mass is 10.1. The average Bonchev–Trinajstić information content (AvgIpc) is 3.06. The SMILES string of the molecule is COc1ccc(Cl)cc1C(=O)CCC(=O)Nc1cc(C)nn1-c1ccccc1. The Bertz CT molecular complexity index is 999. The summed E-state index contributed by atoms with van der Waals surface area (Å²) < 4.78 is 6.86. The number of carbonyl (C=O) groups is 2. The number of methoxy groups -OCH3 is 1. The van der Waals surface area contributed by atoms with Crippen LogP contribution >= 0.6 is 11.6 Å². The zero-order valence-corrected chi connectivity index (χ0v) is 16.4. The van der Waals surface area contributed by atoms with Gasteiger partial charge in [-0.1, -0.05) is 29.8 Å². The normalized spacial score (nSPS) is 10.5. The number of hydrogen-bond donors (Lipinski definition) is 1. The minimum absolute atomic E-state index is 0.0352. The predicted molar refractivity (Wildman–Crippen MR) is 108 cm³/mol. The van der Waals surface area contributed by atoms with E-state index in [0.29, 0.717) is 22.2 Å². The zero-order chi connectivity index (χ0) is 20.1. The first-order valence-corrected chi connectivity index (χ1v) is 9.14. The van der Waals surface area contributed by atoms with Crippen molar-refractivity contribution in [3.8, 4) is 11.4 Å². The number of aromatic nitrogens is 2. The highest BCUT2D eigenvalue weighted by Crippen LogP contribution is 2.24. The van der Waals surface area contributed by atoms with E-state index in [1.807, 2.05) is 37.3 Å². The van der Waals surface area contributed by atoms with Gasteiger partial charge in [0.1, 0.15) is 11.6 Å². The number of carbonyl (C=O) groups excluding carboxylic acids is 2. The zero-order valence-electron chi connectivity index (χ0n) is 15.6. The maximum atomic E-state index is 12.5. The van der Waals surface area contributed by atoms with Gasteiger partial charge < -0.3 is 10.1 Å². The van der Waals surface area contributed by atoms with E-state index in [1.165, 1.54) is 7.11 Å². The van der Waals surface area contributed by atoms with Crippen molar-refractivity contribution in [1.82, 2.24) is 9.78 Å². The van der Waals surface area contributed by atoms with Crippen LogP contribution in [-0.2, 0) is 4.79 Å². The number of nitrogens with zero attached hydrogens (tertiary/aromatic N) is 2. The van der Waals surface area contributed by atoms with E-state index >= 15 is 0 Å². The third-order valence-electron chi connectivity index (χ3n) is 4.14. The molecule has 0 atom stereocenters. The molecule has 7 heteroatoms. The van der Waals surface area contributed by atoms with Crippen molar-refractivity contribution in [2.24, 2.45) is 0 Å². The number of para-hydroxylation sites is 1. The first-order valence-electron chi connectivity index (χ1n) is 8.76. The van der Waals surface area contributed by atoms with Crippen LogP contribution < -0.4 is 10.1 Å². The van der Waals surface area contributed by atoms with Crippen LogP contribution in [0.5, 0.6) is 5.75 Å². The molecule has 0 aliphatic heterocycles. The average molecular weight is 398 g/mol. The summed E-state index contributed by atoms with van der Waals surface area (Å²) in [5.74, 6) is 0.516. The fourth-order valence-electron chi connectivity index (χ4n) is 2.82. The number of aryl methyl sites for hydroxylation is 1. The van der Waals surface area contributed by atoms with Crippen LogP contribution in [0.15, 0.2) is 54.6 Å². The van der Waals surface area contributed by atoms with E-state index < -0.39 is 0 Å². The van der Waals surface area contributed by atoms with Crippen LogP contribution in [0.2, 0.25) is 5.02 Å². The quantitative estimate of drug-likeness (QED) is 0.598. The number of anilines is 1. The first kappa shape index (κ1) is 19.6. The van der Waals surface area contributed by atoms with Crippen molar-refractivity contribution < 1.29 is 14.3 Å². The number of nitrogens with one attached hydrogen (secondary N) is 1. The molecule has 2 aromatic carbocycles. The van der Waals surface area contributed by atoms with Crippen LogP contribution in [-0.4, -0.2) is 28.6 Å². The smallest absolute Gasteiger partial charge is 0.225 e. The van der Waals surface area contributed by atoms with E-state index in [1.54, 1.807) is 28.9 Å². The van der Waals surface area contributed by atoms with Gasteiger partial charge >= 0.3 is 0 Å². The van der Waals surface area contributed by atoms with Gasteiger partial charge in [0, 0.05) is 23.9 Å². The lowest BCUT2D eigenvalue weighted by molar-refractivity contribution is -0.116. The summed E-state index contributed by atoms with van der Waals surface area (Å²) >= 11 is 5.97. The molecular weight excluding hydrogens is 378 g/mol. The molecule has 1 heterocycles. The summed E-state index contributed by atoms with van der Waals surface area (Å²) in [6, 6.07) is 16.1.